The molecular formula is C21H29NOS. The smallest absolute Gasteiger partial charge is 0.226 e. The first-order valence-electron chi connectivity index (χ1n) is 9.57. The van der Waals surface area contributed by atoms with Crippen molar-refractivity contribution in [1.29, 1.82) is 0 Å². The SMILES string of the molecule is CCSCCNC(=O)C12C[C@H]3C[C@H](C1)CC(c1ccccc1)(C3)C2. The first-order chi connectivity index (χ1) is 11.7. The fourth-order valence-corrected chi connectivity index (χ4v) is 6.76. The summed E-state index contributed by atoms with van der Waals surface area (Å²) >= 11 is 1.91. The number of carbonyl (C=O) groups is 1. The minimum atomic E-state index is -0.0865. The van der Waals surface area contributed by atoms with Crippen LogP contribution in [0.4, 0.5) is 0 Å². The number of benzene rings is 1. The predicted molar refractivity (Wildman–Crippen MR) is 101 cm³/mol. The van der Waals surface area contributed by atoms with Crippen molar-refractivity contribution >= 4 is 17.7 Å². The van der Waals surface area contributed by atoms with E-state index in [9.17, 15) is 4.79 Å². The molecule has 4 aliphatic carbocycles. The van der Waals surface area contributed by atoms with Crippen molar-refractivity contribution in [3.63, 3.8) is 0 Å². The van der Waals surface area contributed by atoms with Gasteiger partial charge in [0, 0.05) is 12.3 Å². The standard InChI is InChI=1S/C21H29NOS/c1-2-24-9-8-22-19(23)21-13-16-10-17(14-21)12-20(11-16,15-21)18-6-4-3-5-7-18/h3-7,16-17H,2,8-15H2,1H3,(H,22,23)/t16-,17-,20?,21?/m0/s1. The van der Waals surface area contributed by atoms with Gasteiger partial charge < -0.3 is 5.32 Å². The van der Waals surface area contributed by atoms with E-state index in [2.05, 4.69) is 42.6 Å². The van der Waals surface area contributed by atoms with Crippen LogP contribution in [0.25, 0.3) is 0 Å². The van der Waals surface area contributed by atoms with Crippen molar-refractivity contribution in [3.05, 3.63) is 35.9 Å². The van der Waals surface area contributed by atoms with Crippen molar-refractivity contribution < 1.29 is 4.79 Å². The van der Waals surface area contributed by atoms with Gasteiger partial charge in [-0.25, -0.2) is 0 Å². The summed E-state index contributed by atoms with van der Waals surface area (Å²) in [7, 11) is 0. The van der Waals surface area contributed by atoms with Crippen molar-refractivity contribution in [2.24, 2.45) is 17.3 Å². The molecule has 4 saturated carbocycles. The van der Waals surface area contributed by atoms with Gasteiger partial charge in [0.2, 0.25) is 5.91 Å². The predicted octanol–water partition coefficient (Wildman–Crippen LogP) is 4.39. The first kappa shape index (κ1) is 16.5. The molecule has 0 unspecified atom stereocenters. The normalized spacial score (nSPS) is 36.7. The molecule has 4 aliphatic rings. The summed E-state index contributed by atoms with van der Waals surface area (Å²) in [6.45, 7) is 3.00. The van der Waals surface area contributed by atoms with E-state index in [0.29, 0.717) is 5.91 Å². The molecule has 0 spiro atoms. The second-order valence-electron chi connectivity index (χ2n) is 8.34. The van der Waals surface area contributed by atoms with E-state index in [0.717, 1.165) is 49.1 Å². The van der Waals surface area contributed by atoms with E-state index < -0.39 is 0 Å². The fourth-order valence-electron chi connectivity index (χ4n) is 6.23. The zero-order valence-corrected chi connectivity index (χ0v) is 15.5. The quantitative estimate of drug-likeness (QED) is 0.776. The molecule has 3 heteroatoms. The maximum Gasteiger partial charge on any atom is 0.226 e. The second-order valence-corrected chi connectivity index (χ2v) is 9.73. The van der Waals surface area contributed by atoms with Crippen molar-refractivity contribution in [2.75, 3.05) is 18.1 Å². The van der Waals surface area contributed by atoms with Crippen LogP contribution < -0.4 is 5.32 Å². The Labute approximate surface area is 150 Å². The molecule has 1 aromatic carbocycles. The lowest BCUT2D eigenvalue weighted by atomic mass is 9.42. The lowest BCUT2D eigenvalue weighted by Crippen LogP contribution is -2.59. The zero-order chi connectivity index (χ0) is 16.6. The molecule has 0 radical (unpaired) electrons. The van der Waals surface area contributed by atoms with E-state index in [1.54, 1.807) is 0 Å². The van der Waals surface area contributed by atoms with Crippen LogP contribution in [0.1, 0.15) is 51.0 Å². The molecule has 0 aromatic heterocycles. The molecule has 0 heterocycles. The Morgan fingerprint density at radius 1 is 1.17 bits per heavy atom. The van der Waals surface area contributed by atoms with Gasteiger partial charge in [-0.1, -0.05) is 37.3 Å². The Kier molecular flexibility index (Phi) is 4.40. The average Bonchev–Trinajstić information content (AvgIpc) is 2.58. The third kappa shape index (κ3) is 2.79. The Balaban J connectivity index is 1.56. The molecule has 4 fully saturated rings. The highest BCUT2D eigenvalue weighted by molar-refractivity contribution is 7.99. The van der Waals surface area contributed by atoms with E-state index in [-0.39, 0.29) is 10.8 Å². The maximum atomic E-state index is 13.1. The lowest BCUT2D eigenvalue weighted by Gasteiger charge is -2.61. The highest BCUT2D eigenvalue weighted by Gasteiger charge is 2.60. The fraction of sp³-hybridized carbons (Fsp3) is 0.667. The minimum Gasteiger partial charge on any atom is -0.355 e. The third-order valence-electron chi connectivity index (χ3n) is 6.67. The molecule has 4 bridgehead atoms. The summed E-state index contributed by atoms with van der Waals surface area (Å²) in [5, 5.41) is 3.28. The highest BCUT2D eigenvalue weighted by atomic mass is 32.2. The Morgan fingerprint density at radius 3 is 2.54 bits per heavy atom. The van der Waals surface area contributed by atoms with Crippen LogP contribution in [0, 0.1) is 17.3 Å². The maximum absolute atomic E-state index is 13.1. The molecular weight excluding hydrogens is 314 g/mol. The van der Waals surface area contributed by atoms with Gasteiger partial charge in [0.15, 0.2) is 0 Å². The first-order valence-corrected chi connectivity index (χ1v) is 10.7. The molecule has 1 N–H and O–H groups in total. The summed E-state index contributed by atoms with van der Waals surface area (Å²) < 4.78 is 0. The number of hydrogen-bond acceptors (Lipinski definition) is 2. The van der Waals surface area contributed by atoms with Gasteiger partial charge in [-0.3, -0.25) is 4.79 Å². The van der Waals surface area contributed by atoms with Gasteiger partial charge in [-0.05, 0) is 67.1 Å². The van der Waals surface area contributed by atoms with Crippen LogP contribution in [0.5, 0.6) is 0 Å². The number of carbonyl (C=O) groups excluding carboxylic acids is 1. The number of hydrogen-bond donors (Lipinski definition) is 1. The van der Waals surface area contributed by atoms with Crippen LogP contribution in [0.3, 0.4) is 0 Å². The van der Waals surface area contributed by atoms with Crippen LogP contribution in [-0.2, 0) is 10.2 Å². The number of nitrogens with one attached hydrogen (secondary N) is 1. The second kappa shape index (κ2) is 6.40. The molecule has 1 aromatic rings. The summed E-state index contributed by atoms with van der Waals surface area (Å²) in [6.07, 6.45) is 7.29. The Hall–Kier alpha value is -0.960. The number of thioether (sulfide) groups is 1. The highest BCUT2D eigenvalue weighted by Crippen LogP contribution is 2.65. The molecule has 1 amide bonds. The van der Waals surface area contributed by atoms with Gasteiger partial charge in [0.05, 0.1) is 5.41 Å². The largest absolute Gasteiger partial charge is 0.355 e. The molecule has 2 atom stereocenters. The summed E-state index contributed by atoms with van der Waals surface area (Å²) in [5.41, 5.74) is 1.66. The van der Waals surface area contributed by atoms with E-state index in [4.69, 9.17) is 0 Å². The monoisotopic (exact) mass is 343 g/mol. The van der Waals surface area contributed by atoms with Crippen LogP contribution in [0.2, 0.25) is 0 Å². The van der Waals surface area contributed by atoms with Gasteiger partial charge in [-0.15, -0.1) is 0 Å². The van der Waals surface area contributed by atoms with Gasteiger partial charge in [-0.2, -0.15) is 11.8 Å². The van der Waals surface area contributed by atoms with Gasteiger partial charge >= 0.3 is 0 Å². The molecule has 2 nitrogen and oxygen atoms in total. The van der Waals surface area contributed by atoms with Crippen LogP contribution in [-0.4, -0.2) is 24.0 Å². The summed E-state index contributed by atoms with van der Waals surface area (Å²) in [6, 6.07) is 11.1. The average molecular weight is 344 g/mol. The number of rotatable bonds is 6. The van der Waals surface area contributed by atoms with E-state index in [1.165, 1.54) is 24.8 Å². The van der Waals surface area contributed by atoms with E-state index >= 15 is 0 Å². The van der Waals surface area contributed by atoms with Crippen molar-refractivity contribution in [2.45, 2.75) is 50.9 Å². The van der Waals surface area contributed by atoms with Crippen LogP contribution >= 0.6 is 11.8 Å². The van der Waals surface area contributed by atoms with E-state index in [1.807, 2.05) is 11.8 Å². The van der Waals surface area contributed by atoms with Crippen molar-refractivity contribution in [3.8, 4) is 0 Å². The third-order valence-corrected chi connectivity index (χ3v) is 7.57. The van der Waals surface area contributed by atoms with Crippen molar-refractivity contribution in [1.82, 2.24) is 5.32 Å². The lowest BCUT2D eigenvalue weighted by molar-refractivity contribution is -0.149. The molecule has 24 heavy (non-hydrogen) atoms. The molecule has 5 rings (SSSR count). The van der Waals surface area contributed by atoms with Gasteiger partial charge in [0.25, 0.3) is 0 Å². The summed E-state index contributed by atoms with van der Waals surface area (Å²) in [4.78, 5) is 13.1. The molecule has 130 valence electrons. The van der Waals surface area contributed by atoms with Crippen LogP contribution in [0.15, 0.2) is 30.3 Å². The minimum absolute atomic E-state index is 0.0865. The Morgan fingerprint density at radius 2 is 1.88 bits per heavy atom. The Bertz CT molecular complexity index is 585. The zero-order valence-electron chi connectivity index (χ0n) is 14.7. The van der Waals surface area contributed by atoms with Gasteiger partial charge in [0.1, 0.15) is 0 Å². The molecule has 0 aliphatic heterocycles. The molecule has 0 saturated heterocycles. The summed E-state index contributed by atoms with van der Waals surface area (Å²) in [5.74, 6) is 4.02. The number of amides is 1. The topological polar surface area (TPSA) is 29.1 Å².